The second-order valence-corrected chi connectivity index (χ2v) is 6.12. The minimum absolute atomic E-state index is 0.235. The summed E-state index contributed by atoms with van der Waals surface area (Å²) < 4.78 is 5.39. The van der Waals surface area contributed by atoms with E-state index in [1.54, 1.807) is 24.5 Å². The lowest BCUT2D eigenvalue weighted by atomic mass is 10.2. The van der Waals surface area contributed by atoms with Crippen molar-refractivity contribution in [2.75, 3.05) is 6.61 Å². The minimum atomic E-state index is -0.275. The van der Waals surface area contributed by atoms with E-state index in [2.05, 4.69) is 4.98 Å². The first-order valence-electron chi connectivity index (χ1n) is 7.54. The van der Waals surface area contributed by atoms with Crippen LogP contribution in [0.1, 0.15) is 18.1 Å². The summed E-state index contributed by atoms with van der Waals surface area (Å²) in [6.45, 7) is 2.76. The fourth-order valence-electron chi connectivity index (χ4n) is 2.29. The number of thioether (sulfide) groups is 1. The Bertz CT molecular complexity index is 773. The molecule has 0 saturated carbocycles. The molecule has 0 N–H and O–H groups in total. The van der Waals surface area contributed by atoms with Crippen LogP contribution in [0.15, 0.2) is 53.7 Å². The van der Waals surface area contributed by atoms with Gasteiger partial charge >= 0.3 is 0 Å². The SMILES string of the molecule is CCOc1ccc(C=C2SC(=O)N(Cc3cccnc3)C2=O)cc1. The normalized spacial score (nSPS) is 16.0. The number of nitrogens with zero attached hydrogens (tertiary/aromatic N) is 2. The van der Waals surface area contributed by atoms with Crippen molar-refractivity contribution in [1.82, 2.24) is 9.88 Å². The summed E-state index contributed by atoms with van der Waals surface area (Å²) in [7, 11) is 0. The molecule has 1 saturated heterocycles. The molecule has 24 heavy (non-hydrogen) atoms. The number of hydrogen-bond acceptors (Lipinski definition) is 5. The van der Waals surface area contributed by atoms with E-state index in [0.29, 0.717) is 11.5 Å². The molecule has 1 aromatic carbocycles. The summed E-state index contributed by atoms with van der Waals surface area (Å²) in [5.74, 6) is 0.502. The largest absolute Gasteiger partial charge is 0.494 e. The average Bonchev–Trinajstić information content (AvgIpc) is 2.85. The number of ether oxygens (including phenoxy) is 1. The van der Waals surface area contributed by atoms with Crippen molar-refractivity contribution >= 4 is 29.0 Å². The van der Waals surface area contributed by atoms with Crippen LogP contribution < -0.4 is 4.74 Å². The number of aromatic nitrogens is 1. The van der Waals surface area contributed by atoms with Crippen LogP contribution in [0.3, 0.4) is 0 Å². The molecule has 0 radical (unpaired) electrons. The number of benzene rings is 1. The third-order valence-corrected chi connectivity index (χ3v) is 4.33. The zero-order chi connectivity index (χ0) is 16.9. The lowest BCUT2D eigenvalue weighted by molar-refractivity contribution is -0.123. The smallest absolute Gasteiger partial charge is 0.293 e. The van der Waals surface area contributed by atoms with E-state index in [1.807, 2.05) is 37.3 Å². The van der Waals surface area contributed by atoms with E-state index >= 15 is 0 Å². The maximum absolute atomic E-state index is 12.5. The Labute approximate surface area is 144 Å². The highest BCUT2D eigenvalue weighted by molar-refractivity contribution is 8.18. The Morgan fingerprint density at radius 1 is 1.21 bits per heavy atom. The van der Waals surface area contributed by atoms with Gasteiger partial charge in [-0.1, -0.05) is 18.2 Å². The monoisotopic (exact) mass is 340 g/mol. The van der Waals surface area contributed by atoms with Crippen LogP contribution in [-0.4, -0.2) is 27.6 Å². The zero-order valence-electron chi connectivity index (χ0n) is 13.1. The van der Waals surface area contributed by atoms with Gasteiger partial charge in [-0.2, -0.15) is 0 Å². The van der Waals surface area contributed by atoms with Gasteiger partial charge in [0, 0.05) is 12.4 Å². The lowest BCUT2D eigenvalue weighted by Gasteiger charge is -2.11. The standard InChI is InChI=1S/C18H16N2O3S/c1-2-23-15-7-5-13(6-8-15)10-16-17(21)20(18(22)24-16)12-14-4-3-9-19-11-14/h3-11H,2,12H2,1H3. The first-order valence-corrected chi connectivity index (χ1v) is 8.36. The van der Waals surface area contributed by atoms with Crippen molar-refractivity contribution in [3.63, 3.8) is 0 Å². The van der Waals surface area contributed by atoms with Gasteiger partial charge < -0.3 is 4.74 Å². The van der Waals surface area contributed by atoms with Crippen molar-refractivity contribution in [1.29, 1.82) is 0 Å². The molecule has 0 aliphatic carbocycles. The number of carbonyl (C=O) groups is 2. The Kier molecular flexibility index (Phi) is 4.96. The first-order chi connectivity index (χ1) is 11.7. The second kappa shape index (κ2) is 7.31. The number of rotatable bonds is 5. The van der Waals surface area contributed by atoms with Crippen molar-refractivity contribution in [2.24, 2.45) is 0 Å². The third kappa shape index (κ3) is 3.65. The van der Waals surface area contributed by atoms with Gasteiger partial charge in [-0.25, -0.2) is 0 Å². The molecule has 2 amide bonds. The van der Waals surface area contributed by atoms with Crippen molar-refractivity contribution in [2.45, 2.75) is 13.5 Å². The van der Waals surface area contributed by atoms with E-state index in [1.165, 1.54) is 4.90 Å². The molecule has 2 aromatic rings. The molecular formula is C18H16N2O3S. The number of carbonyl (C=O) groups excluding carboxylic acids is 2. The van der Waals surface area contributed by atoms with Gasteiger partial charge in [-0.15, -0.1) is 0 Å². The Balaban J connectivity index is 1.75. The third-order valence-electron chi connectivity index (χ3n) is 3.43. The van der Waals surface area contributed by atoms with Crippen LogP contribution in [0, 0.1) is 0 Å². The quantitative estimate of drug-likeness (QED) is 0.777. The summed E-state index contributed by atoms with van der Waals surface area (Å²) in [5.41, 5.74) is 1.67. The van der Waals surface area contributed by atoms with Crippen molar-refractivity contribution in [3.8, 4) is 5.75 Å². The highest BCUT2D eigenvalue weighted by Crippen LogP contribution is 2.33. The maximum Gasteiger partial charge on any atom is 0.293 e. The van der Waals surface area contributed by atoms with Gasteiger partial charge in [0.05, 0.1) is 18.1 Å². The predicted octanol–water partition coefficient (Wildman–Crippen LogP) is 3.72. The number of imide groups is 1. The molecule has 0 spiro atoms. The van der Waals surface area contributed by atoms with Gasteiger partial charge in [-0.05, 0) is 54.1 Å². The van der Waals surface area contributed by atoms with E-state index in [0.717, 1.165) is 28.6 Å². The van der Waals surface area contributed by atoms with Crippen LogP contribution in [-0.2, 0) is 11.3 Å². The molecule has 1 aromatic heterocycles. The topological polar surface area (TPSA) is 59.5 Å². The van der Waals surface area contributed by atoms with E-state index in [9.17, 15) is 9.59 Å². The van der Waals surface area contributed by atoms with Crippen molar-refractivity contribution in [3.05, 3.63) is 64.8 Å². The molecule has 5 nitrogen and oxygen atoms in total. The lowest BCUT2D eigenvalue weighted by Crippen LogP contribution is -2.27. The van der Waals surface area contributed by atoms with Crippen LogP contribution in [0.4, 0.5) is 4.79 Å². The zero-order valence-corrected chi connectivity index (χ0v) is 14.0. The van der Waals surface area contributed by atoms with Crippen LogP contribution in [0.25, 0.3) is 6.08 Å². The van der Waals surface area contributed by atoms with Gasteiger partial charge in [0.2, 0.25) is 0 Å². The summed E-state index contributed by atoms with van der Waals surface area (Å²) in [6, 6.07) is 11.0. The second-order valence-electron chi connectivity index (χ2n) is 5.13. The molecule has 2 heterocycles. The average molecular weight is 340 g/mol. The number of pyridine rings is 1. The van der Waals surface area contributed by atoms with Crippen LogP contribution >= 0.6 is 11.8 Å². The maximum atomic E-state index is 12.5. The van der Waals surface area contributed by atoms with E-state index < -0.39 is 0 Å². The molecule has 1 fully saturated rings. The molecule has 0 unspecified atom stereocenters. The van der Waals surface area contributed by atoms with E-state index in [4.69, 9.17) is 4.74 Å². The van der Waals surface area contributed by atoms with E-state index in [-0.39, 0.29) is 17.7 Å². The molecule has 1 aliphatic heterocycles. The Morgan fingerprint density at radius 2 is 2.00 bits per heavy atom. The first kappa shape index (κ1) is 16.3. The highest BCUT2D eigenvalue weighted by Gasteiger charge is 2.34. The fraction of sp³-hybridized carbons (Fsp3) is 0.167. The summed E-state index contributed by atoms with van der Waals surface area (Å²) >= 11 is 0.957. The molecular weight excluding hydrogens is 324 g/mol. The molecule has 0 atom stereocenters. The summed E-state index contributed by atoms with van der Waals surface area (Å²) in [5, 5.41) is -0.263. The Hall–Kier alpha value is -2.60. The summed E-state index contributed by atoms with van der Waals surface area (Å²) in [4.78, 5) is 30.2. The van der Waals surface area contributed by atoms with Gasteiger partial charge in [0.15, 0.2) is 0 Å². The highest BCUT2D eigenvalue weighted by atomic mass is 32.2. The van der Waals surface area contributed by atoms with Crippen molar-refractivity contribution < 1.29 is 14.3 Å². The molecule has 6 heteroatoms. The molecule has 3 rings (SSSR count). The predicted molar refractivity (Wildman–Crippen MR) is 93.4 cm³/mol. The number of hydrogen-bond donors (Lipinski definition) is 0. The molecule has 1 aliphatic rings. The fourth-order valence-corrected chi connectivity index (χ4v) is 3.13. The molecule has 0 bridgehead atoms. The minimum Gasteiger partial charge on any atom is -0.494 e. The molecule has 122 valence electrons. The van der Waals surface area contributed by atoms with Gasteiger partial charge in [0.25, 0.3) is 11.1 Å². The van der Waals surface area contributed by atoms with Gasteiger partial charge in [0.1, 0.15) is 5.75 Å². The Morgan fingerprint density at radius 3 is 2.67 bits per heavy atom. The van der Waals surface area contributed by atoms with Gasteiger partial charge in [-0.3, -0.25) is 19.5 Å². The summed E-state index contributed by atoms with van der Waals surface area (Å²) in [6.07, 6.45) is 5.03. The van der Waals surface area contributed by atoms with Crippen LogP contribution in [0.5, 0.6) is 5.75 Å². The number of amides is 2. The van der Waals surface area contributed by atoms with Crippen LogP contribution in [0.2, 0.25) is 0 Å².